The molecule has 1 aromatic heterocycles. The number of aliphatic hydroxyl groups is 1. The summed E-state index contributed by atoms with van der Waals surface area (Å²) in [5.74, 6) is -0.173. The van der Waals surface area contributed by atoms with Crippen LogP contribution in [-0.4, -0.2) is 53.3 Å². The average molecular weight is 315 g/mol. The van der Waals surface area contributed by atoms with E-state index in [0.29, 0.717) is 24.7 Å². The highest BCUT2D eigenvalue weighted by atomic mass is 19.3. The van der Waals surface area contributed by atoms with Gasteiger partial charge in [0.25, 0.3) is 5.91 Å². The average Bonchev–Trinajstić information content (AvgIpc) is 2.87. The Balaban J connectivity index is 1.90. The van der Waals surface area contributed by atoms with Gasteiger partial charge in [0.2, 0.25) is 0 Å². The predicted molar refractivity (Wildman–Crippen MR) is 79.0 cm³/mol. The van der Waals surface area contributed by atoms with Gasteiger partial charge in [-0.15, -0.1) is 0 Å². The van der Waals surface area contributed by atoms with Gasteiger partial charge in [-0.05, 0) is 44.4 Å². The zero-order valence-electron chi connectivity index (χ0n) is 12.8. The van der Waals surface area contributed by atoms with Crippen molar-refractivity contribution in [2.45, 2.75) is 26.3 Å². The van der Waals surface area contributed by atoms with Gasteiger partial charge in [0.15, 0.2) is 0 Å². The number of halogens is 2. The summed E-state index contributed by atoms with van der Waals surface area (Å²) in [6.07, 6.45) is 2.02. The number of alkyl halides is 2. The van der Waals surface area contributed by atoms with Crippen LogP contribution in [0.3, 0.4) is 0 Å². The van der Waals surface area contributed by atoms with Crippen LogP contribution in [-0.2, 0) is 0 Å². The van der Waals surface area contributed by atoms with Crippen molar-refractivity contribution in [1.82, 2.24) is 14.8 Å². The monoisotopic (exact) mass is 315 g/mol. The summed E-state index contributed by atoms with van der Waals surface area (Å²) in [6, 6.07) is 2.94. The third kappa shape index (κ3) is 4.04. The van der Waals surface area contributed by atoms with Crippen molar-refractivity contribution in [2.75, 3.05) is 32.8 Å². The number of nitrogens with zero attached hydrogens (tertiary/aromatic N) is 2. The maximum Gasteiger partial charge on any atom is 0.319 e. The van der Waals surface area contributed by atoms with Crippen LogP contribution in [0.4, 0.5) is 8.78 Å². The molecule has 0 radical (unpaired) electrons. The summed E-state index contributed by atoms with van der Waals surface area (Å²) in [7, 11) is 0. The molecular formula is C15H23F2N3O2. The highest BCUT2D eigenvalue weighted by Crippen LogP contribution is 2.19. The third-order valence-electron chi connectivity index (χ3n) is 4.12. The van der Waals surface area contributed by atoms with E-state index in [9.17, 15) is 13.6 Å². The van der Waals surface area contributed by atoms with Gasteiger partial charge in [-0.2, -0.15) is 8.78 Å². The standard InChI is InChI=1S/C15H23F2N3O2/c1-11-4-5-13(20(11)15(16)17)14(22)18-9-12-3-2-6-19(10-12)7-8-21/h4-5,12,15,21H,2-3,6-10H2,1H3,(H,18,22)/t12-/m1/s1. The van der Waals surface area contributed by atoms with Crippen LogP contribution in [0.5, 0.6) is 0 Å². The molecule has 1 aliphatic rings. The molecule has 5 nitrogen and oxygen atoms in total. The lowest BCUT2D eigenvalue weighted by atomic mass is 9.98. The fourth-order valence-corrected chi connectivity index (χ4v) is 2.98. The van der Waals surface area contributed by atoms with Crippen molar-refractivity contribution in [1.29, 1.82) is 0 Å². The number of piperidine rings is 1. The third-order valence-corrected chi connectivity index (χ3v) is 4.12. The summed E-state index contributed by atoms with van der Waals surface area (Å²) < 4.78 is 26.7. The van der Waals surface area contributed by atoms with Crippen molar-refractivity contribution in [3.8, 4) is 0 Å². The summed E-state index contributed by atoms with van der Waals surface area (Å²) >= 11 is 0. The molecule has 0 bridgehead atoms. The lowest BCUT2D eigenvalue weighted by Gasteiger charge is -2.32. The number of aromatic nitrogens is 1. The van der Waals surface area contributed by atoms with E-state index in [1.165, 1.54) is 12.1 Å². The van der Waals surface area contributed by atoms with E-state index in [1.807, 2.05) is 0 Å². The number of hydrogen-bond donors (Lipinski definition) is 2. The number of hydrogen-bond acceptors (Lipinski definition) is 3. The minimum absolute atomic E-state index is 0.00414. The van der Waals surface area contributed by atoms with Crippen LogP contribution >= 0.6 is 0 Å². The minimum Gasteiger partial charge on any atom is -0.395 e. The smallest absolute Gasteiger partial charge is 0.319 e. The molecule has 7 heteroatoms. The molecule has 22 heavy (non-hydrogen) atoms. The van der Waals surface area contributed by atoms with Crippen LogP contribution in [0.15, 0.2) is 12.1 Å². The molecule has 2 rings (SSSR count). The first-order valence-corrected chi connectivity index (χ1v) is 7.60. The number of carbonyl (C=O) groups excluding carboxylic acids is 1. The first-order chi connectivity index (χ1) is 10.5. The Morgan fingerprint density at radius 3 is 2.95 bits per heavy atom. The van der Waals surface area contributed by atoms with E-state index < -0.39 is 12.5 Å². The lowest BCUT2D eigenvalue weighted by molar-refractivity contribution is 0.0614. The molecule has 124 valence electrons. The van der Waals surface area contributed by atoms with Gasteiger partial charge in [0, 0.05) is 25.3 Å². The molecule has 1 saturated heterocycles. The maximum absolute atomic E-state index is 13.0. The fourth-order valence-electron chi connectivity index (χ4n) is 2.98. The van der Waals surface area contributed by atoms with Crippen molar-refractivity contribution >= 4 is 5.91 Å². The summed E-state index contributed by atoms with van der Waals surface area (Å²) in [6.45, 7) is 1.84. The Labute approximate surface area is 128 Å². The molecule has 0 unspecified atom stereocenters. The fraction of sp³-hybridized carbons (Fsp3) is 0.667. The van der Waals surface area contributed by atoms with Gasteiger partial charge in [-0.25, -0.2) is 0 Å². The van der Waals surface area contributed by atoms with E-state index in [0.717, 1.165) is 30.5 Å². The largest absolute Gasteiger partial charge is 0.395 e. The van der Waals surface area contributed by atoms with E-state index in [4.69, 9.17) is 5.11 Å². The molecular weight excluding hydrogens is 292 g/mol. The number of amides is 1. The van der Waals surface area contributed by atoms with Gasteiger partial charge in [-0.1, -0.05) is 0 Å². The summed E-state index contributed by atoms with van der Waals surface area (Å²) in [4.78, 5) is 14.3. The molecule has 1 fully saturated rings. The summed E-state index contributed by atoms with van der Waals surface area (Å²) in [5.41, 5.74) is 0.363. The Kier molecular flexibility index (Phi) is 5.90. The van der Waals surface area contributed by atoms with Gasteiger partial charge in [0.1, 0.15) is 5.69 Å². The molecule has 2 N–H and O–H groups in total. The number of rotatable bonds is 6. The molecule has 1 atom stereocenters. The summed E-state index contributed by atoms with van der Waals surface area (Å²) in [5, 5.41) is 11.7. The molecule has 1 amide bonds. The number of carbonyl (C=O) groups is 1. The topological polar surface area (TPSA) is 57.5 Å². The molecule has 2 heterocycles. The van der Waals surface area contributed by atoms with Crippen LogP contribution < -0.4 is 5.32 Å². The molecule has 0 aromatic carbocycles. The van der Waals surface area contributed by atoms with Gasteiger partial charge >= 0.3 is 6.55 Å². The second kappa shape index (κ2) is 7.69. The number of likely N-dealkylation sites (tertiary alicyclic amines) is 1. The van der Waals surface area contributed by atoms with E-state index >= 15 is 0 Å². The first-order valence-electron chi connectivity index (χ1n) is 7.60. The second-order valence-electron chi connectivity index (χ2n) is 5.75. The number of β-amino-alcohol motifs (C(OH)–C–C–N with tert-alkyl or cyclic N) is 1. The molecule has 0 aliphatic carbocycles. The number of aryl methyl sites for hydroxylation is 1. The van der Waals surface area contributed by atoms with Crippen LogP contribution in [0.2, 0.25) is 0 Å². The van der Waals surface area contributed by atoms with Crippen molar-refractivity contribution < 1.29 is 18.7 Å². The maximum atomic E-state index is 13.0. The zero-order valence-corrected chi connectivity index (χ0v) is 12.8. The van der Waals surface area contributed by atoms with Crippen LogP contribution in [0.25, 0.3) is 0 Å². The lowest BCUT2D eigenvalue weighted by Crippen LogP contribution is -2.42. The number of nitrogens with one attached hydrogen (secondary N) is 1. The molecule has 1 aromatic rings. The quantitative estimate of drug-likeness (QED) is 0.839. The van der Waals surface area contributed by atoms with Crippen molar-refractivity contribution in [3.63, 3.8) is 0 Å². The first kappa shape index (κ1) is 16.9. The van der Waals surface area contributed by atoms with Crippen molar-refractivity contribution in [2.24, 2.45) is 5.92 Å². The Morgan fingerprint density at radius 1 is 1.50 bits per heavy atom. The predicted octanol–water partition coefficient (Wildman–Crippen LogP) is 1.63. The zero-order chi connectivity index (χ0) is 16.1. The minimum atomic E-state index is -2.72. The Hall–Kier alpha value is -1.47. The van der Waals surface area contributed by atoms with Gasteiger partial charge < -0.3 is 15.3 Å². The Morgan fingerprint density at radius 2 is 2.27 bits per heavy atom. The Bertz CT molecular complexity index is 503. The van der Waals surface area contributed by atoms with Gasteiger partial charge in [0.05, 0.1) is 6.61 Å². The van der Waals surface area contributed by atoms with Crippen LogP contribution in [0.1, 0.15) is 35.6 Å². The molecule has 1 aliphatic heterocycles. The normalized spacial score (nSPS) is 19.6. The van der Waals surface area contributed by atoms with E-state index in [-0.39, 0.29) is 12.3 Å². The SMILES string of the molecule is Cc1ccc(C(=O)NC[C@H]2CCCN(CCO)C2)n1C(F)F. The van der Waals surface area contributed by atoms with E-state index in [1.54, 1.807) is 6.92 Å². The number of aliphatic hydroxyl groups excluding tert-OH is 1. The highest BCUT2D eigenvalue weighted by Gasteiger charge is 2.22. The van der Waals surface area contributed by atoms with Crippen LogP contribution in [0, 0.1) is 12.8 Å². The van der Waals surface area contributed by atoms with E-state index in [2.05, 4.69) is 10.2 Å². The van der Waals surface area contributed by atoms with Crippen molar-refractivity contribution in [3.05, 3.63) is 23.5 Å². The molecule has 0 saturated carbocycles. The second-order valence-corrected chi connectivity index (χ2v) is 5.75. The van der Waals surface area contributed by atoms with Gasteiger partial charge in [-0.3, -0.25) is 9.36 Å². The molecule has 0 spiro atoms. The highest BCUT2D eigenvalue weighted by molar-refractivity contribution is 5.92.